The summed E-state index contributed by atoms with van der Waals surface area (Å²) in [5, 5.41) is 6.11. The number of nitrogens with zero attached hydrogens (tertiary/aromatic N) is 4. The molecule has 3 N–H and O–H groups in total. The lowest BCUT2D eigenvalue weighted by molar-refractivity contribution is 0.0606. The van der Waals surface area contributed by atoms with Crippen LogP contribution in [0, 0.1) is 12.8 Å². The van der Waals surface area contributed by atoms with Gasteiger partial charge in [-0.05, 0) is 67.0 Å². The number of carbonyl (C=O) groups is 1. The van der Waals surface area contributed by atoms with Gasteiger partial charge in [-0.25, -0.2) is 22.0 Å². The maximum Gasteiger partial charge on any atom is 0.255 e. The third kappa shape index (κ3) is 6.37. The third-order valence-electron chi connectivity index (χ3n) is 9.22. The Balaban J connectivity index is 1.27. The number of amides is 1. The Kier molecular flexibility index (Phi) is 8.05. The largest absolute Gasteiger partial charge is 0.494 e. The molecule has 3 aromatic heterocycles. The standard InChI is InChI=1S/C35H39FN6O4S/c1-21-33(39-42-18-27(14-32(46-2)34(21)42)35(43)40-19-28(36)15-29(37)20-40)31-13-26-11-10-25(12-30(26)41(31)17-23-4-5-23)24-8-6-22(7-9-24)16-38-47(3,44)45/h6-14,18,23,28-29,38H,4-5,15-17,19-20,37H2,1-3H3/t28-,29-/m1/s1. The van der Waals surface area contributed by atoms with Gasteiger partial charge in [0.1, 0.15) is 23.1 Å². The number of likely N-dealkylation sites (tertiary alicyclic amines) is 1. The molecule has 4 heterocycles. The molecule has 2 fully saturated rings. The molecule has 1 aliphatic heterocycles. The van der Waals surface area contributed by atoms with Gasteiger partial charge >= 0.3 is 0 Å². The lowest BCUT2D eigenvalue weighted by Crippen LogP contribution is -2.50. The van der Waals surface area contributed by atoms with E-state index in [4.69, 9.17) is 15.6 Å². The average Bonchev–Trinajstić information content (AvgIpc) is 3.71. The first-order valence-corrected chi connectivity index (χ1v) is 17.8. The summed E-state index contributed by atoms with van der Waals surface area (Å²) >= 11 is 0. The Labute approximate surface area is 273 Å². The van der Waals surface area contributed by atoms with Crippen LogP contribution in [0.1, 0.15) is 40.7 Å². The molecule has 2 atom stereocenters. The fraction of sp³-hybridized carbons (Fsp3) is 0.371. The maximum absolute atomic E-state index is 14.3. The SMILES string of the molecule is COc1cc(C(=O)N2C[C@H](N)C[C@@H](F)C2)cn2nc(-c3cc4ccc(-c5ccc(CNS(C)(=O)=O)cc5)cc4n3CC3CC3)c(C)c12. The minimum Gasteiger partial charge on any atom is -0.494 e. The molecule has 2 aromatic carbocycles. The molecular formula is C35H39FN6O4S. The van der Waals surface area contributed by atoms with Gasteiger partial charge in [0.2, 0.25) is 10.0 Å². The summed E-state index contributed by atoms with van der Waals surface area (Å²) in [6.07, 6.45) is 4.33. The van der Waals surface area contributed by atoms with Crippen LogP contribution in [0.25, 0.3) is 38.9 Å². The van der Waals surface area contributed by atoms with E-state index in [1.807, 2.05) is 31.2 Å². The number of carbonyl (C=O) groups excluding carboxylic acids is 1. The zero-order valence-electron chi connectivity index (χ0n) is 26.7. The highest BCUT2D eigenvalue weighted by Gasteiger charge is 2.30. The second kappa shape index (κ2) is 12.1. The van der Waals surface area contributed by atoms with E-state index >= 15 is 0 Å². The van der Waals surface area contributed by atoms with Crippen LogP contribution in [0.4, 0.5) is 4.39 Å². The van der Waals surface area contributed by atoms with Crippen LogP contribution in [-0.2, 0) is 23.1 Å². The van der Waals surface area contributed by atoms with Crippen molar-refractivity contribution in [3.63, 3.8) is 0 Å². The van der Waals surface area contributed by atoms with Gasteiger partial charge < -0.3 is 19.9 Å². The van der Waals surface area contributed by atoms with Gasteiger partial charge in [-0.1, -0.05) is 36.4 Å². The number of sulfonamides is 1. The van der Waals surface area contributed by atoms with E-state index in [1.54, 1.807) is 23.9 Å². The van der Waals surface area contributed by atoms with Gasteiger partial charge in [0.15, 0.2) is 0 Å². The van der Waals surface area contributed by atoms with E-state index < -0.39 is 22.2 Å². The number of fused-ring (bicyclic) bond motifs is 2. The molecule has 1 amide bonds. The zero-order chi connectivity index (χ0) is 33.0. The topological polar surface area (TPSA) is 124 Å². The van der Waals surface area contributed by atoms with Crippen LogP contribution in [0.15, 0.2) is 60.8 Å². The van der Waals surface area contributed by atoms with Crippen molar-refractivity contribution in [3.8, 4) is 28.3 Å². The van der Waals surface area contributed by atoms with Crippen molar-refractivity contribution in [2.45, 2.75) is 51.5 Å². The highest BCUT2D eigenvalue weighted by Crippen LogP contribution is 2.39. The Morgan fingerprint density at radius 1 is 1.09 bits per heavy atom. The van der Waals surface area contributed by atoms with Crippen LogP contribution in [-0.4, -0.2) is 72.1 Å². The summed E-state index contributed by atoms with van der Waals surface area (Å²) in [4.78, 5) is 15.0. The molecule has 1 aliphatic carbocycles. The maximum atomic E-state index is 14.3. The summed E-state index contributed by atoms with van der Waals surface area (Å²) in [7, 11) is -1.70. The molecule has 0 radical (unpaired) electrons. The summed E-state index contributed by atoms with van der Waals surface area (Å²) < 4.78 is 49.7. The van der Waals surface area contributed by atoms with Crippen LogP contribution < -0.4 is 15.2 Å². The second-order valence-corrected chi connectivity index (χ2v) is 14.8. The summed E-state index contributed by atoms with van der Waals surface area (Å²) in [5.41, 5.74) is 14.0. The van der Waals surface area contributed by atoms with Crippen molar-refractivity contribution in [3.05, 3.63) is 77.5 Å². The molecule has 2 aliphatic rings. The number of aromatic nitrogens is 3. The summed E-state index contributed by atoms with van der Waals surface area (Å²) in [5.74, 6) is 0.821. The van der Waals surface area contributed by atoms with Crippen molar-refractivity contribution < 1.29 is 22.3 Å². The molecule has 5 aromatic rings. The van der Waals surface area contributed by atoms with Gasteiger partial charge in [-0.15, -0.1) is 0 Å². The molecule has 0 spiro atoms. The van der Waals surface area contributed by atoms with Crippen molar-refractivity contribution in [1.29, 1.82) is 0 Å². The van der Waals surface area contributed by atoms with E-state index in [0.717, 1.165) is 62.9 Å². The van der Waals surface area contributed by atoms with Crippen LogP contribution in [0.3, 0.4) is 0 Å². The Hall–Kier alpha value is -4.26. The number of hydrogen-bond acceptors (Lipinski definition) is 6. The number of piperidine rings is 1. The van der Waals surface area contributed by atoms with Gasteiger partial charge in [-0.3, -0.25) is 4.79 Å². The number of rotatable bonds is 9. The third-order valence-corrected chi connectivity index (χ3v) is 9.89. The van der Waals surface area contributed by atoms with E-state index in [2.05, 4.69) is 33.6 Å². The first-order valence-electron chi connectivity index (χ1n) is 15.9. The molecule has 47 heavy (non-hydrogen) atoms. The number of benzene rings is 2. The normalized spacial score (nSPS) is 18.7. The number of halogens is 1. The molecule has 12 heteroatoms. The molecule has 1 saturated carbocycles. The molecule has 1 saturated heterocycles. The van der Waals surface area contributed by atoms with Crippen LogP contribution in [0.2, 0.25) is 0 Å². The minimum atomic E-state index is -3.27. The first-order chi connectivity index (χ1) is 22.5. The minimum absolute atomic E-state index is 0.0179. The number of ether oxygens (including phenoxy) is 1. The molecule has 246 valence electrons. The van der Waals surface area contributed by atoms with Crippen LogP contribution >= 0.6 is 0 Å². The van der Waals surface area contributed by atoms with E-state index in [-0.39, 0.29) is 25.4 Å². The Morgan fingerprint density at radius 3 is 2.51 bits per heavy atom. The van der Waals surface area contributed by atoms with Gasteiger partial charge in [0, 0.05) is 48.3 Å². The average molecular weight is 659 g/mol. The monoisotopic (exact) mass is 658 g/mol. The summed E-state index contributed by atoms with van der Waals surface area (Å²) in [6, 6.07) is 17.8. The quantitative estimate of drug-likeness (QED) is 0.232. The summed E-state index contributed by atoms with van der Waals surface area (Å²) in [6.45, 7) is 3.45. The van der Waals surface area contributed by atoms with E-state index in [1.165, 1.54) is 17.7 Å². The Morgan fingerprint density at radius 2 is 1.83 bits per heavy atom. The highest BCUT2D eigenvalue weighted by atomic mass is 32.2. The number of nitrogens with one attached hydrogen (secondary N) is 1. The fourth-order valence-corrected chi connectivity index (χ4v) is 7.07. The molecular weight excluding hydrogens is 619 g/mol. The number of hydrogen-bond donors (Lipinski definition) is 2. The molecule has 7 rings (SSSR count). The number of pyridine rings is 1. The number of alkyl halides is 1. The Bertz CT molecular complexity index is 2090. The number of nitrogens with two attached hydrogens (primary N) is 1. The van der Waals surface area contributed by atoms with Crippen molar-refractivity contribution in [2.75, 3.05) is 26.5 Å². The highest BCUT2D eigenvalue weighted by molar-refractivity contribution is 7.88. The molecule has 0 bridgehead atoms. The first kappa shape index (κ1) is 31.3. The van der Waals surface area contributed by atoms with E-state index in [0.29, 0.717) is 23.8 Å². The van der Waals surface area contributed by atoms with Crippen LogP contribution in [0.5, 0.6) is 5.75 Å². The lowest BCUT2D eigenvalue weighted by Gasteiger charge is -2.33. The van der Waals surface area contributed by atoms with Crippen molar-refractivity contribution in [2.24, 2.45) is 11.7 Å². The van der Waals surface area contributed by atoms with Gasteiger partial charge in [0.05, 0.1) is 31.2 Å². The lowest BCUT2D eigenvalue weighted by atomic mass is 10.0. The molecule has 0 unspecified atom stereocenters. The predicted molar refractivity (Wildman–Crippen MR) is 181 cm³/mol. The second-order valence-electron chi connectivity index (χ2n) is 13.0. The van der Waals surface area contributed by atoms with E-state index in [9.17, 15) is 17.6 Å². The van der Waals surface area contributed by atoms with Gasteiger partial charge in [0.25, 0.3) is 5.91 Å². The van der Waals surface area contributed by atoms with Gasteiger partial charge in [-0.2, -0.15) is 5.10 Å². The van der Waals surface area contributed by atoms with Crippen molar-refractivity contribution >= 4 is 32.4 Å². The zero-order valence-corrected chi connectivity index (χ0v) is 27.6. The fourth-order valence-electron chi connectivity index (χ4n) is 6.64. The predicted octanol–water partition coefficient (Wildman–Crippen LogP) is 4.91. The smallest absolute Gasteiger partial charge is 0.255 e. The van der Waals surface area contributed by atoms with Crippen molar-refractivity contribution in [1.82, 2.24) is 23.8 Å². The number of aryl methyl sites for hydroxylation is 1. The number of methoxy groups -OCH3 is 1. The molecule has 10 nitrogen and oxygen atoms in total.